The first kappa shape index (κ1) is 18.6. The summed E-state index contributed by atoms with van der Waals surface area (Å²) in [6.07, 6.45) is 6.90. The number of anilines is 1. The minimum atomic E-state index is -0.195. The van der Waals surface area contributed by atoms with Crippen molar-refractivity contribution in [1.29, 1.82) is 0 Å². The number of nitrogens with zero attached hydrogens (tertiary/aromatic N) is 3. The van der Waals surface area contributed by atoms with Crippen LogP contribution in [0.5, 0.6) is 0 Å². The Morgan fingerprint density at radius 1 is 1.03 bits per heavy atom. The van der Waals surface area contributed by atoms with Gasteiger partial charge in [0.25, 0.3) is 11.8 Å². The van der Waals surface area contributed by atoms with Crippen molar-refractivity contribution in [1.82, 2.24) is 19.9 Å². The number of nitrogens with one attached hydrogen (secondary N) is 2. The van der Waals surface area contributed by atoms with Crippen molar-refractivity contribution in [3.8, 4) is 5.82 Å². The highest BCUT2D eigenvalue weighted by atomic mass is 32.1. The van der Waals surface area contributed by atoms with Crippen molar-refractivity contribution in [3.05, 3.63) is 94.8 Å². The van der Waals surface area contributed by atoms with Gasteiger partial charge in [-0.2, -0.15) is 0 Å². The van der Waals surface area contributed by atoms with Gasteiger partial charge >= 0.3 is 0 Å². The second kappa shape index (κ2) is 8.49. The van der Waals surface area contributed by atoms with E-state index < -0.39 is 0 Å². The first-order valence-corrected chi connectivity index (χ1v) is 9.73. The number of amides is 2. The topological polar surface area (TPSA) is 88.9 Å². The van der Waals surface area contributed by atoms with Crippen LogP contribution < -0.4 is 10.6 Å². The molecule has 29 heavy (non-hydrogen) atoms. The summed E-state index contributed by atoms with van der Waals surface area (Å²) < 4.78 is 1.81. The van der Waals surface area contributed by atoms with E-state index in [4.69, 9.17) is 0 Å². The molecule has 8 heteroatoms. The Bertz CT molecular complexity index is 1090. The molecular formula is C21H17N5O2S. The van der Waals surface area contributed by atoms with Crippen LogP contribution in [0.25, 0.3) is 5.82 Å². The molecule has 0 bridgehead atoms. The van der Waals surface area contributed by atoms with E-state index in [2.05, 4.69) is 20.6 Å². The van der Waals surface area contributed by atoms with E-state index in [1.165, 1.54) is 11.3 Å². The van der Waals surface area contributed by atoms with Gasteiger partial charge in [0.15, 0.2) is 0 Å². The van der Waals surface area contributed by atoms with Gasteiger partial charge in [-0.1, -0.05) is 12.1 Å². The Morgan fingerprint density at radius 3 is 2.55 bits per heavy atom. The van der Waals surface area contributed by atoms with Crippen molar-refractivity contribution >= 4 is 28.8 Å². The van der Waals surface area contributed by atoms with Crippen molar-refractivity contribution in [3.63, 3.8) is 0 Å². The second-order valence-corrected chi connectivity index (χ2v) is 7.13. The van der Waals surface area contributed by atoms with Crippen LogP contribution in [0.2, 0.25) is 0 Å². The standard InChI is InChI=1S/C21H17N5O2S/c27-20(24-13-15-3-8-19(23-12-15)26-10-9-22-14-26)16-4-6-17(7-5-16)25-21(28)18-2-1-11-29-18/h1-12,14H,13H2,(H,24,27)(H,25,28). The molecule has 7 nitrogen and oxygen atoms in total. The van der Waals surface area contributed by atoms with Crippen molar-refractivity contribution in [2.24, 2.45) is 0 Å². The number of carbonyl (C=O) groups is 2. The molecule has 2 amide bonds. The monoisotopic (exact) mass is 403 g/mol. The maximum Gasteiger partial charge on any atom is 0.265 e. The quantitative estimate of drug-likeness (QED) is 0.516. The van der Waals surface area contributed by atoms with E-state index in [1.807, 2.05) is 29.8 Å². The van der Waals surface area contributed by atoms with Gasteiger partial charge in [0.2, 0.25) is 0 Å². The summed E-state index contributed by atoms with van der Waals surface area (Å²) in [5.74, 6) is 0.404. The fraction of sp³-hybridized carbons (Fsp3) is 0.0476. The van der Waals surface area contributed by atoms with Gasteiger partial charge in [-0.15, -0.1) is 11.3 Å². The fourth-order valence-corrected chi connectivity index (χ4v) is 3.28. The molecule has 4 aromatic rings. The lowest BCUT2D eigenvalue weighted by Gasteiger charge is -2.08. The molecule has 144 valence electrons. The number of hydrogen-bond donors (Lipinski definition) is 2. The Morgan fingerprint density at radius 2 is 1.90 bits per heavy atom. The molecule has 0 spiro atoms. The van der Waals surface area contributed by atoms with Crippen molar-refractivity contribution in [2.75, 3.05) is 5.32 Å². The smallest absolute Gasteiger partial charge is 0.265 e. The third-order valence-corrected chi connectivity index (χ3v) is 5.05. The number of thiophene rings is 1. The van der Waals surface area contributed by atoms with Crippen molar-refractivity contribution < 1.29 is 9.59 Å². The number of carbonyl (C=O) groups excluding carboxylic acids is 2. The fourth-order valence-electron chi connectivity index (χ4n) is 2.66. The van der Waals surface area contributed by atoms with Crippen LogP contribution >= 0.6 is 11.3 Å². The van der Waals surface area contributed by atoms with Gasteiger partial charge in [0, 0.05) is 36.4 Å². The molecule has 0 aliphatic heterocycles. The predicted molar refractivity (Wildman–Crippen MR) is 111 cm³/mol. The lowest BCUT2D eigenvalue weighted by Crippen LogP contribution is -2.22. The van der Waals surface area contributed by atoms with E-state index in [0.29, 0.717) is 22.7 Å². The highest BCUT2D eigenvalue weighted by Gasteiger charge is 2.09. The number of rotatable bonds is 6. The molecule has 0 saturated heterocycles. The zero-order valence-electron chi connectivity index (χ0n) is 15.3. The number of imidazole rings is 1. The third kappa shape index (κ3) is 4.56. The number of pyridine rings is 1. The normalized spacial score (nSPS) is 10.5. The van der Waals surface area contributed by atoms with Gasteiger partial charge in [-0.25, -0.2) is 9.97 Å². The average Bonchev–Trinajstić information content (AvgIpc) is 3.47. The molecule has 0 unspecified atom stereocenters. The SMILES string of the molecule is O=C(NCc1ccc(-n2ccnc2)nc1)c1ccc(NC(=O)c2cccs2)cc1. The van der Waals surface area contributed by atoms with Crippen LogP contribution in [-0.2, 0) is 6.54 Å². The molecular weight excluding hydrogens is 386 g/mol. The molecule has 0 saturated carbocycles. The molecule has 3 heterocycles. The van der Waals surface area contributed by atoms with Gasteiger partial charge in [-0.05, 0) is 47.3 Å². The summed E-state index contributed by atoms with van der Waals surface area (Å²) in [5.41, 5.74) is 2.04. The van der Waals surface area contributed by atoms with E-state index in [-0.39, 0.29) is 11.8 Å². The summed E-state index contributed by atoms with van der Waals surface area (Å²) in [6, 6.07) is 14.1. The number of hydrogen-bond acceptors (Lipinski definition) is 5. The second-order valence-electron chi connectivity index (χ2n) is 6.19. The molecule has 0 aliphatic rings. The minimum absolute atomic E-state index is 0.163. The van der Waals surface area contributed by atoms with Gasteiger partial charge < -0.3 is 10.6 Å². The molecule has 0 aliphatic carbocycles. The van der Waals surface area contributed by atoms with Crippen LogP contribution in [-0.4, -0.2) is 26.3 Å². The largest absolute Gasteiger partial charge is 0.348 e. The first-order chi connectivity index (χ1) is 14.2. The van der Waals surface area contributed by atoms with Gasteiger partial charge in [-0.3, -0.25) is 14.2 Å². The molecule has 0 fully saturated rings. The first-order valence-electron chi connectivity index (χ1n) is 8.85. The number of aromatic nitrogens is 3. The molecule has 2 N–H and O–H groups in total. The molecule has 3 aromatic heterocycles. The zero-order chi connectivity index (χ0) is 20.1. The summed E-state index contributed by atoms with van der Waals surface area (Å²) in [7, 11) is 0. The van der Waals surface area contributed by atoms with Gasteiger partial charge in [0.05, 0.1) is 4.88 Å². The Hall–Kier alpha value is -3.78. The lowest BCUT2D eigenvalue weighted by atomic mass is 10.2. The Balaban J connectivity index is 1.32. The summed E-state index contributed by atoms with van der Waals surface area (Å²) >= 11 is 1.38. The van der Waals surface area contributed by atoms with E-state index in [0.717, 1.165) is 11.4 Å². The van der Waals surface area contributed by atoms with E-state index in [9.17, 15) is 9.59 Å². The van der Waals surface area contributed by atoms with Crippen LogP contribution in [0.4, 0.5) is 5.69 Å². The Labute approximate surface area is 171 Å². The molecule has 1 aromatic carbocycles. The lowest BCUT2D eigenvalue weighted by molar-refractivity contribution is 0.0950. The molecule has 0 atom stereocenters. The zero-order valence-corrected chi connectivity index (χ0v) is 16.1. The van der Waals surface area contributed by atoms with Crippen molar-refractivity contribution in [2.45, 2.75) is 6.54 Å². The highest BCUT2D eigenvalue weighted by Crippen LogP contribution is 2.14. The van der Waals surface area contributed by atoms with E-state index >= 15 is 0 Å². The molecule has 4 rings (SSSR count). The Kier molecular flexibility index (Phi) is 5.44. The summed E-state index contributed by atoms with van der Waals surface area (Å²) in [5, 5.41) is 7.53. The van der Waals surface area contributed by atoms with Crippen LogP contribution in [0.3, 0.4) is 0 Å². The van der Waals surface area contributed by atoms with Crippen LogP contribution in [0.1, 0.15) is 25.6 Å². The molecule has 0 radical (unpaired) electrons. The highest BCUT2D eigenvalue weighted by molar-refractivity contribution is 7.12. The van der Waals surface area contributed by atoms with E-state index in [1.54, 1.807) is 53.6 Å². The predicted octanol–water partition coefficient (Wildman–Crippen LogP) is 3.51. The summed E-state index contributed by atoms with van der Waals surface area (Å²) in [4.78, 5) is 33.4. The van der Waals surface area contributed by atoms with Gasteiger partial charge in [0.1, 0.15) is 12.1 Å². The number of benzene rings is 1. The average molecular weight is 403 g/mol. The minimum Gasteiger partial charge on any atom is -0.348 e. The van der Waals surface area contributed by atoms with Crippen LogP contribution in [0, 0.1) is 0 Å². The third-order valence-electron chi connectivity index (χ3n) is 4.18. The maximum atomic E-state index is 12.4. The van der Waals surface area contributed by atoms with Crippen LogP contribution in [0.15, 0.2) is 78.8 Å². The summed E-state index contributed by atoms with van der Waals surface area (Å²) in [6.45, 7) is 0.368. The maximum absolute atomic E-state index is 12.4.